The van der Waals surface area contributed by atoms with E-state index in [0.29, 0.717) is 5.92 Å². The van der Waals surface area contributed by atoms with Gasteiger partial charge in [0, 0.05) is 29.1 Å². The molecule has 82 valence electrons. The van der Waals surface area contributed by atoms with Crippen molar-refractivity contribution in [2.75, 3.05) is 5.73 Å². The number of benzene rings is 1. The summed E-state index contributed by atoms with van der Waals surface area (Å²) in [4.78, 5) is 7.81. The van der Waals surface area contributed by atoms with Crippen LogP contribution in [0.4, 0.5) is 5.69 Å². The number of rotatable bonds is 2. The van der Waals surface area contributed by atoms with Crippen LogP contribution in [0.2, 0.25) is 0 Å². The molecule has 0 aliphatic heterocycles. The second-order valence-electron chi connectivity index (χ2n) is 4.44. The van der Waals surface area contributed by atoms with E-state index < -0.39 is 0 Å². The van der Waals surface area contributed by atoms with E-state index >= 15 is 0 Å². The summed E-state index contributed by atoms with van der Waals surface area (Å²) in [5.74, 6) is 1.62. The molecule has 1 aliphatic carbocycles. The van der Waals surface area contributed by atoms with E-state index in [0.717, 1.165) is 17.1 Å². The molecule has 2 aromatic rings. The Morgan fingerprint density at radius 1 is 1.31 bits per heavy atom. The van der Waals surface area contributed by atoms with Crippen LogP contribution in [-0.4, -0.2) is 9.97 Å². The minimum atomic E-state index is 0.697. The summed E-state index contributed by atoms with van der Waals surface area (Å²) in [5, 5.41) is 0. The van der Waals surface area contributed by atoms with Crippen LogP contribution in [0.25, 0.3) is 11.4 Å². The number of nitrogens with zero attached hydrogens (tertiary/aromatic N) is 1. The van der Waals surface area contributed by atoms with Gasteiger partial charge in [-0.1, -0.05) is 18.6 Å². The van der Waals surface area contributed by atoms with Crippen molar-refractivity contribution in [3.63, 3.8) is 0 Å². The maximum absolute atomic E-state index is 5.76. The van der Waals surface area contributed by atoms with Crippen molar-refractivity contribution in [2.24, 2.45) is 0 Å². The van der Waals surface area contributed by atoms with Crippen LogP contribution in [-0.2, 0) is 0 Å². The number of hydrogen-bond donors (Lipinski definition) is 2. The molecule has 0 bridgehead atoms. The third-order valence-electron chi connectivity index (χ3n) is 3.30. The van der Waals surface area contributed by atoms with Crippen molar-refractivity contribution in [3.05, 3.63) is 36.2 Å². The van der Waals surface area contributed by atoms with Gasteiger partial charge in [-0.3, -0.25) is 0 Å². The Bertz CT molecular complexity index is 497. The molecule has 1 heterocycles. The lowest BCUT2D eigenvalue weighted by Crippen LogP contribution is -2.08. The van der Waals surface area contributed by atoms with Gasteiger partial charge in [-0.2, -0.15) is 0 Å². The molecule has 1 aromatic heterocycles. The molecule has 3 heteroatoms. The summed E-state index contributed by atoms with van der Waals surface area (Å²) in [6.07, 6.45) is 5.89. The molecule has 1 aromatic carbocycles. The summed E-state index contributed by atoms with van der Waals surface area (Å²) < 4.78 is 0. The van der Waals surface area contributed by atoms with Gasteiger partial charge in [0.05, 0.1) is 0 Å². The fourth-order valence-corrected chi connectivity index (χ4v) is 2.09. The first-order valence-corrected chi connectivity index (χ1v) is 5.74. The minimum Gasteiger partial charge on any atom is -0.399 e. The molecule has 1 saturated carbocycles. The van der Waals surface area contributed by atoms with E-state index in [2.05, 4.69) is 9.97 Å². The molecule has 0 radical (unpaired) electrons. The number of nitrogens with one attached hydrogen (secondary N) is 1. The second-order valence-corrected chi connectivity index (χ2v) is 4.44. The van der Waals surface area contributed by atoms with Crippen LogP contribution in [0.1, 0.15) is 30.9 Å². The van der Waals surface area contributed by atoms with Gasteiger partial charge in [-0.15, -0.1) is 0 Å². The molecule has 16 heavy (non-hydrogen) atoms. The fraction of sp³-hybridized carbons (Fsp3) is 0.308. The standard InChI is InChI=1S/C13H15N3/c14-11-6-2-5-10(7-11)13-15-8-12(16-13)9-3-1-4-9/h2,5-9H,1,3-4,14H2,(H,15,16). The van der Waals surface area contributed by atoms with Crippen LogP contribution in [0.15, 0.2) is 30.5 Å². The van der Waals surface area contributed by atoms with Crippen molar-refractivity contribution in [1.82, 2.24) is 9.97 Å². The molecule has 0 atom stereocenters. The Hall–Kier alpha value is -1.77. The third-order valence-corrected chi connectivity index (χ3v) is 3.30. The predicted molar refractivity (Wildman–Crippen MR) is 65.0 cm³/mol. The highest BCUT2D eigenvalue weighted by Crippen LogP contribution is 2.36. The normalized spacial score (nSPS) is 16.0. The number of nitrogens with two attached hydrogens (primary N) is 1. The molecule has 3 N–H and O–H groups in total. The van der Waals surface area contributed by atoms with Crippen LogP contribution < -0.4 is 5.73 Å². The second kappa shape index (κ2) is 3.67. The Morgan fingerprint density at radius 3 is 2.88 bits per heavy atom. The number of hydrogen-bond acceptors (Lipinski definition) is 2. The van der Waals surface area contributed by atoms with E-state index in [4.69, 9.17) is 5.73 Å². The smallest absolute Gasteiger partial charge is 0.137 e. The highest BCUT2D eigenvalue weighted by Gasteiger charge is 2.21. The van der Waals surface area contributed by atoms with Crippen molar-refractivity contribution < 1.29 is 0 Å². The molecule has 3 rings (SSSR count). The molecule has 3 nitrogen and oxygen atoms in total. The van der Waals surface area contributed by atoms with E-state index in [-0.39, 0.29) is 0 Å². The molecule has 0 spiro atoms. The van der Waals surface area contributed by atoms with Gasteiger partial charge in [-0.05, 0) is 25.0 Å². The quantitative estimate of drug-likeness (QED) is 0.753. The molecule has 0 unspecified atom stereocenters. The lowest BCUT2D eigenvalue weighted by molar-refractivity contribution is 0.412. The van der Waals surface area contributed by atoms with Gasteiger partial charge in [0.25, 0.3) is 0 Å². The maximum atomic E-state index is 5.76. The molecule has 0 amide bonds. The number of anilines is 1. The van der Waals surface area contributed by atoms with Gasteiger partial charge in [0.2, 0.25) is 0 Å². The van der Waals surface area contributed by atoms with Crippen molar-refractivity contribution in [3.8, 4) is 11.4 Å². The molecular weight excluding hydrogens is 198 g/mol. The Morgan fingerprint density at radius 2 is 2.19 bits per heavy atom. The van der Waals surface area contributed by atoms with Gasteiger partial charge in [0.15, 0.2) is 0 Å². The molecule has 1 fully saturated rings. The largest absolute Gasteiger partial charge is 0.399 e. The van der Waals surface area contributed by atoms with Crippen molar-refractivity contribution >= 4 is 5.69 Å². The molecule has 1 aliphatic rings. The zero-order valence-electron chi connectivity index (χ0n) is 9.11. The van der Waals surface area contributed by atoms with Gasteiger partial charge in [-0.25, -0.2) is 4.98 Å². The fourth-order valence-electron chi connectivity index (χ4n) is 2.09. The number of nitrogen functional groups attached to an aromatic ring is 1. The van der Waals surface area contributed by atoms with Crippen molar-refractivity contribution in [2.45, 2.75) is 25.2 Å². The average molecular weight is 213 g/mol. The molecule has 0 saturated heterocycles. The van der Waals surface area contributed by atoms with E-state index in [1.54, 1.807) is 0 Å². The zero-order valence-corrected chi connectivity index (χ0v) is 9.11. The van der Waals surface area contributed by atoms with E-state index in [1.807, 2.05) is 30.5 Å². The first-order chi connectivity index (χ1) is 7.83. The minimum absolute atomic E-state index is 0.697. The Kier molecular flexibility index (Phi) is 2.17. The summed E-state index contributed by atoms with van der Waals surface area (Å²) >= 11 is 0. The summed E-state index contributed by atoms with van der Waals surface area (Å²) in [5.41, 5.74) is 8.86. The van der Waals surface area contributed by atoms with Gasteiger partial charge < -0.3 is 10.7 Å². The topological polar surface area (TPSA) is 54.7 Å². The van der Waals surface area contributed by atoms with Crippen LogP contribution >= 0.6 is 0 Å². The highest BCUT2D eigenvalue weighted by molar-refractivity contribution is 5.61. The summed E-state index contributed by atoms with van der Waals surface area (Å²) in [7, 11) is 0. The number of aromatic amines is 1. The number of imidazole rings is 1. The van der Waals surface area contributed by atoms with E-state index in [9.17, 15) is 0 Å². The predicted octanol–water partition coefficient (Wildman–Crippen LogP) is 2.93. The third kappa shape index (κ3) is 1.58. The lowest BCUT2D eigenvalue weighted by Gasteiger charge is -2.23. The first-order valence-electron chi connectivity index (χ1n) is 5.74. The van der Waals surface area contributed by atoms with Crippen molar-refractivity contribution in [1.29, 1.82) is 0 Å². The van der Waals surface area contributed by atoms with Crippen LogP contribution in [0.3, 0.4) is 0 Å². The Balaban J connectivity index is 1.91. The summed E-state index contributed by atoms with van der Waals surface area (Å²) in [6.45, 7) is 0. The highest BCUT2D eigenvalue weighted by atomic mass is 14.9. The zero-order chi connectivity index (χ0) is 11.0. The Labute approximate surface area is 94.7 Å². The number of H-pyrrole nitrogens is 1. The van der Waals surface area contributed by atoms with Crippen LogP contribution in [0.5, 0.6) is 0 Å². The average Bonchev–Trinajstić information content (AvgIpc) is 2.64. The van der Waals surface area contributed by atoms with Gasteiger partial charge in [0.1, 0.15) is 5.82 Å². The van der Waals surface area contributed by atoms with Gasteiger partial charge >= 0.3 is 0 Å². The lowest BCUT2D eigenvalue weighted by atomic mass is 9.83. The monoisotopic (exact) mass is 213 g/mol. The number of aromatic nitrogens is 2. The van der Waals surface area contributed by atoms with Crippen LogP contribution in [0, 0.1) is 0 Å². The molecular formula is C13H15N3. The summed E-state index contributed by atoms with van der Waals surface area (Å²) in [6, 6.07) is 7.82. The first kappa shape index (κ1) is 9.46. The maximum Gasteiger partial charge on any atom is 0.137 e. The van der Waals surface area contributed by atoms with E-state index in [1.165, 1.54) is 25.0 Å². The SMILES string of the molecule is Nc1cccc(-c2ncc(C3CCC3)[nH]2)c1.